The summed E-state index contributed by atoms with van der Waals surface area (Å²) in [4.78, 5) is 0. The van der Waals surface area contributed by atoms with Gasteiger partial charge >= 0.3 is 0 Å². The molecule has 0 fully saturated rings. The Labute approximate surface area is 62.8 Å². The zero-order chi connectivity index (χ0) is 8.36. The van der Waals surface area contributed by atoms with Crippen LogP contribution in [0.2, 0.25) is 0 Å². The van der Waals surface area contributed by atoms with E-state index >= 15 is 0 Å². The zero-order valence-corrected chi connectivity index (χ0v) is 7.32. The van der Waals surface area contributed by atoms with Crippen LogP contribution < -0.4 is 5.73 Å². The lowest BCUT2D eigenvalue weighted by Gasteiger charge is -2.31. The van der Waals surface area contributed by atoms with Crippen molar-refractivity contribution in [3.8, 4) is 0 Å². The third-order valence-electron chi connectivity index (χ3n) is 2.45. The van der Waals surface area contributed by atoms with Gasteiger partial charge in [0.1, 0.15) is 6.17 Å². The Hall–Kier alpha value is -0.110. The predicted molar refractivity (Wildman–Crippen MR) is 42.6 cm³/mol. The molecule has 0 saturated carbocycles. The van der Waals surface area contributed by atoms with Gasteiger partial charge in [-0.1, -0.05) is 20.8 Å². The van der Waals surface area contributed by atoms with Crippen molar-refractivity contribution in [1.82, 2.24) is 0 Å². The Bertz CT molecular complexity index is 99.4. The predicted octanol–water partition coefficient (Wildman–Crippen LogP) is 1.97. The second-order valence-electron chi connectivity index (χ2n) is 3.66. The Morgan fingerprint density at radius 3 is 1.90 bits per heavy atom. The van der Waals surface area contributed by atoms with Crippen molar-refractivity contribution in [2.75, 3.05) is 6.54 Å². The average molecular weight is 147 g/mol. The molecule has 0 aromatic heterocycles. The normalized spacial score (nSPS) is 18.6. The van der Waals surface area contributed by atoms with Crippen LogP contribution in [0.15, 0.2) is 0 Å². The molecule has 10 heavy (non-hydrogen) atoms. The number of halogens is 1. The SMILES string of the molecule is CC(F)C(C)C(C)(C)CN. The molecule has 0 radical (unpaired) electrons. The van der Waals surface area contributed by atoms with Crippen molar-refractivity contribution in [1.29, 1.82) is 0 Å². The highest BCUT2D eigenvalue weighted by Gasteiger charge is 2.28. The topological polar surface area (TPSA) is 26.0 Å². The number of rotatable bonds is 3. The van der Waals surface area contributed by atoms with Gasteiger partial charge in [0.15, 0.2) is 0 Å². The quantitative estimate of drug-likeness (QED) is 0.649. The monoisotopic (exact) mass is 147 g/mol. The molecule has 0 rings (SSSR count). The van der Waals surface area contributed by atoms with Gasteiger partial charge < -0.3 is 5.73 Å². The zero-order valence-electron chi connectivity index (χ0n) is 7.32. The largest absolute Gasteiger partial charge is 0.330 e. The van der Waals surface area contributed by atoms with E-state index in [4.69, 9.17) is 5.73 Å². The van der Waals surface area contributed by atoms with Gasteiger partial charge in [0.2, 0.25) is 0 Å². The first kappa shape index (κ1) is 9.89. The summed E-state index contributed by atoms with van der Waals surface area (Å²) < 4.78 is 12.7. The van der Waals surface area contributed by atoms with Gasteiger partial charge in [0, 0.05) is 0 Å². The van der Waals surface area contributed by atoms with Gasteiger partial charge in [0.25, 0.3) is 0 Å². The van der Waals surface area contributed by atoms with Crippen molar-refractivity contribution in [2.45, 2.75) is 33.9 Å². The van der Waals surface area contributed by atoms with Crippen LogP contribution in [0, 0.1) is 11.3 Å². The minimum atomic E-state index is -0.765. The van der Waals surface area contributed by atoms with E-state index in [1.165, 1.54) is 0 Å². The standard InChI is InChI=1S/C8H18FN/c1-6(7(2)9)8(3,4)5-10/h6-7H,5,10H2,1-4H3. The molecule has 0 aliphatic heterocycles. The summed E-state index contributed by atoms with van der Waals surface area (Å²) in [6, 6.07) is 0. The Balaban J connectivity index is 4.03. The molecule has 0 aliphatic rings. The molecule has 2 atom stereocenters. The van der Waals surface area contributed by atoms with Crippen LogP contribution in [0.1, 0.15) is 27.7 Å². The van der Waals surface area contributed by atoms with Gasteiger partial charge in [-0.15, -0.1) is 0 Å². The lowest BCUT2D eigenvalue weighted by Crippen LogP contribution is -2.34. The molecular weight excluding hydrogens is 129 g/mol. The third-order valence-corrected chi connectivity index (χ3v) is 2.45. The van der Waals surface area contributed by atoms with Crippen LogP contribution in [-0.4, -0.2) is 12.7 Å². The smallest absolute Gasteiger partial charge is 0.100 e. The second kappa shape index (κ2) is 3.33. The first-order valence-corrected chi connectivity index (χ1v) is 3.76. The summed E-state index contributed by atoms with van der Waals surface area (Å²) in [7, 11) is 0. The van der Waals surface area contributed by atoms with Crippen molar-refractivity contribution in [3.63, 3.8) is 0 Å². The average Bonchev–Trinajstić information content (AvgIpc) is 1.86. The lowest BCUT2D eigenvalue weighted by atomic mass is 9.78. The highest BCUT2D eigenvalue weighted by molar-refractivity contribution is 4.79. The molecule has 0 saturated heterocycles. The Kier molecular flexibility index (Phi) is 3.29. The molecule has 2 N–H and O–H groups in total. The fraction of sp³-hybridized carbons (Fsp3) is 1.00. The van der Waals surface area contributed by atoms with Gasteiger partial charge in [-0.05, 0) is 24.8 Å². The third kappa shape index (κ3) is 2.25. The van der Waals surface area contributed by atoms with Crippen molar-refractivity contribution < 1.29 is 4.39 Å². The van der Waals surface area contributed by atoms with Crippen LogP contribution in [0.4, 0.5) is 4.39 Å². The summed E-state index contributed by atoms with van der Waals surface area (Å²) in [5.74, 6) is 0.0394. The summed E-state index contributed by atoms with van der Waals surface area (Å²) in [5, 5.41) is 0. The van der Waals surface area contributed by atoms with E-state index in [0.29, 0.717) is 6.54 Å². The molecule has 0 aromatic carbocycles. The number of alkyl halides is 1. The maximum atomic E-state index is 12.7. The highest BCUT2D eigenvalue weighted by atomic mass is 19.1. The molecule has 2 unspecified atom stereocenters. The van der Waals surface area contributed by atoms with Gasteiger partial charge in [0.05, 0.1) is 0 Å². The molecule has 0 aliphatic carbocycles. The van der Waals surface area contributed by atoms with Crippen LogP contribution in [-0.2, 0) is 0 Å². The van der Waals surface area contributed by atoms with Crippen LogP contribution in [0.5, 0.6) is 0 Å². The molecule has 62 valence electrons. The van der Waals surface area contributed by atoms with Gasteiger partial charge in [-0.25, -0.2) is 4.39 Å². The van der Waals surface area contributed by atoms with E-state index in [1.54, 1.807) is 6.92 Å². The molecule has 0 spiro atoms. The number of hydrogen-bond acceptors (Lipinski definition) is 1. The van der Waals surface area contributed by atoms with E-state index in [2.05, 4.69) is 0 Å². The fourth-order valence-corrected chi connectivity index (χ4v) is 0.808. The molecule has 2 heteroatoms. The molecular formula is C8H18FN. The molecule has 0 bridgehead atoms. The van der Waals surface area contributed by atoms with E-state index in [1.807, 2.05) is 20.8 Å². The van der Waals surface area contributed by atoms with Gasteiger partial charge in [-0.3, -0.25) is 0 Å². The lowest BCUT2D eigenvalue weighted by molar-refractivity contribution is 0.134. The fourth-order valence-electron chi connectivity index (χ4n) is 0.808. The Morgan fingerprint density at radius 1 is 1.40 bits per heavy atom. The second-order valence-corrected chi connectivity index (χ2v) is 3.66. The van der Waals surface area contributed by atoms with Crippen molar-refractivity contribution >= 4 is 0 Å². The van der Waals surface area contributed by atoms with Crippen LogP contribution >= 0.6 is 0 Å². The van der Waals surface area contributed by atoms with Crippen LogP contribution in [0.3, 0.4) is 0 Å². The highest BCUT2D eigenvalue weighted by Crippen LogP contribution is 2.28. The van der Waals surface area contributed by atoms with E-state index in [-0.39, 0.29) is 11.3 Å². The molecule has 1 nitrogen and oxygen atoms in total. The van der Waals surface area contributed by atoms with Crippen LogP contribution in [0.25, 0.3) is 0 Å². The van der Waals surface area contributed by atoms with Gasteiger partial charge in [-0.2, -0.15) is 0 Å². The number of hydrogen-bond donors (Lipinski definition) is 1. The summed E-state index contributed by atoms with van der Waals surface area (Å²) in [5.41, 5.74) is 5.40. The van der Waals surface area contributed by atoms with Crippen molar-refractivity contribution in [3.05, 3.63) is 0 Å². The maximum absolute atomic E-state index is 12.7. The van der Waals surface area contributed by atoms with E-state index in [9.17, 15) is 4.39 Å². The molecule has 0 aromatic rings. The molecule has 0 heterocycles. The summed E-state index contributed by atoms with van der Waals surface area (Å²) >= 11 is 0. The van der Waals surface area contributed by atoms with Crippen molar-refractivity contribution in [2.24, 2.45) is 17.1 Å². The number of nitrogens with two attached hydrogens (primary N) is 1. The first-order valence-electron chi connectivity index (χ1n) is 3.76. The van der Waals surface area contributed by atoms with E-state index < -0.39 is 6.17 Å². The maximum Gasteiger partial charge on any atom is 0.100 e. The van der Waals surface area contributed by atoms with E-state index in [0.717, 1.165) is 0 Å². The Morgan fingerprint density at radius 2 is 1.80 bits per heavy atom. The minimum absolute atomic E-state index is 0.0394. The first-order chi connectivity index (χ1) is 4.41. The minimum Gasteiger partial charge on any atom is -0.330 e. The summed E-state index contributed by atoms with van der Waals surface area (Å²) in [6.45, 7) is 8.02. The molecule has 0 amide bonds. The summed E-state index contributed by atoms with van der Waals surface area (Å²) in [6.07, 6.45) is -0.765.